The normalized spacial score (nSPS) is 29.7. The average Bonchev–Trinajstić information content (AvgIpc) is 2.61. The predicted octanol–water partition coefficient (Wildman–Crippen LogP) is 1.53. The van der Waals surface area contributed by atoms with E-state index in [2.05, 4.69) is 16.6 Å². The summed E-state index contributed by atoms with van der Waals surface area (Å²) in [6.45, 7) is 3.52. The second kappa shape index (κ2) is 9.39. The van der Waals surface area contributed by atoms with Gasteiger partial charge in [0.05, 0.1) is 25.9 Å². The molecule has 0 amide bonds. The lowest BCUT2D eigenvalue weighted by molar-refractivity contribution is -0.271. The number of ether oxygens (including phenoxy) is 3. The summed E-state index contributed by atoms with van der Waals surface area (Å²) in [5, 5.41) is 23.4. The fraction of sp³-hybridized carbons (Fsp3) is 0.500. The van der Waals surface area contributed by atoms with E-state index in [1.54, 1.807) is 0 Å². The van der Waals surface area contributed by atoms with E-state index in [1.165, 1.54) is 6.08 Å². The number of hydrogen-bond acceptors (Lipinski definition) is 6. The Bertz CT molecular complexity index is 564. The van der Waals surface area contributed by atoms with Crippen LogP contribution in [0.2, 0.25) is 0 Å². The number of rotatable bonds is 8. The number of aliphatic hydroxyl groups is 2. The molecule has 0 unspecified atom stereocenters. The molecule has 0 aliphatic carbocycles. The highest BCUT2D eigenvalue weighted by atomic mass is 16.7. The molecule has 1 aromatic rings. The molecule has 130 valence electrons. The first-order valence-corrected chi connectivity index (χ1v) is 7.58. The van der Waals surface area contributed by atoms with Crippen molar-refractivity contribution in [2.24, 2.45) is 5.11 Å². The van der Waals surface area contributed by atoms with Crippen LogP contribution in [0.1, 0.15) is 5.56 Å². The van der Waals surface area contributed by atoms with E-state index in [0.29, 0.717) is 0 Å². The summed E-state index contributed by atoms with van der Waals surface area (Å²) in [6, 6.07) is 8.49. The molecule has 2 rings (SSSR count). The molecule has 24 heavy (non-hydrogen) atoms. The van der Waals surface area contributed by atoms with Gasteiger partial charge in [-0.05, 0) is 11.1 Å². The van der Waals surface area contributed by atoms with Crippen LogP contribution in [0.5, 0.6) is 0 Å². The van der Waals surface area contributed by atoms with Gasteiger partial charge in [0.25, 0.3) is 0 Å². The highest BCUT2D eigenvalue weighted by molar-refractivity contribution is 5.13. The molecule has 1 aromatic carbocycles. The zero-order valence-corrected chi connectivity index (χ0v) is 13.1. The standard InChI is InChI=1S/C16H21N3O5/c1-2-8-22-16-13(18-19-17)15(14(21)12(9-20)24-16)23-10-11-6-4-3-5-7-11/h2-7,12-16,20-21H,1,8-10H2/t12-,13+,14-,15+,16+/m0/s1. The van der Waals surface area contributed by atoms with Crippen molar-refractivity contribution in [1.29, 1.82) is 0 Å². The number of aliphatic hydroxyl groups excluding tert-OH is 2. The van der Waals surface area contributed by atoms with Gasteiger partial charge < -0.3 is 24.4 Å². The van der Waals surface area contributed by atoms with Crippen LogP contribution in [0, 0.1) is 0 Å². The van der Waals surface area contributed by atoms with E-state index < -0.39 is 37.3 Å². The van der Waals surface area contributed by atoms with Gasteiger partial charge in [0.1, 0.15) is 18.2 Å². The summed E-state index contributed by atoms with van der Waals surface area (Å²) in [4.78, 5) is 2.79. The SMILES string of the molecule is C=CCO[C@@H]1O[C@@H](CO)[C@H](O)[C@H](OCc2ccccc2)[C@H]1N=[N+]=[N-]. The molecule has 0 bridgehead atoms. The van der Waals surface area contributed by atoms with Gasteiger partial charge in [-0.25, -0.2) is 0 Å². The summed E-state index contributed by atoms with van der Waals surface area (Å²) in [7, 11) is 0. The minimum absolute atomic E-state index is 0.168. The van der Waals surface area contributed by atoms with Gasteiger partial charge >= 0.3 is 0 Å². The Hall–Kier alpha value is -1.93. The van der Waals surface area contributed by atoms with E-state index in [0.717, 1.165) is 5.56 Å². The quantitative estimate of drug-likeness (QED) is 0.323. The van der Waals surface area contributed by atoms with Gasteiger partial charge in [-0.3, -0.25) is 0 Å². The number of benzene rings is 1. The molecule has 8 nitrogen and oxygen atoms in total. The van der Waals surface area contributed by atoms with Crippen LogP contribution >= 0.6 is 0 Å². The maximum atomic E-state index is 10.4. The van der Waals surface area contributed by atoms with Gasteiger partial charge in [0.2, 0.25) is 0 Å². The van der Waals surface area contributed by atoms with Crippen LogP contribution in [-0.4, -0.2) is 54.1 Å². The third kappa shape index (κ3) is 4.55. The molecular weight excluding hydrogens is 314 g/mol. The van der Waals surface area contributed by atoms with Crippen LogP contribution < -0.4 is 0 Å². The molecule has 5 atom stereocenters. The summed E-state index contributed by atoms with van der Waals surface area (Å²) in [5.41, 5.74) is 9.72. The van der Waals surface area contributed by atoms with Crippen molar-refractivity contribution < 1.29 is 24.4 Å². The van der Waals surface area contributed by atoms with Crippen LogP contribution in [0.25, 0.3) is 10.4 Å². The van der Waals surface area contributed by atoms with E-state index >= 15 is 0 Å². The second-order valence-electron chi connectivity index (χ2n) is 5.29. The summed E-state index contributed by atoms with van der Waals surface area (Å²) < 4.78 is 16.7. The van der Waals surface area contributed by atoms with Crippen LogP contribution in [-0.2, 0) is 20.8 Å². The summed E-state index contributed by atoms with van der Waals surface area (Å²) in [6.07, 6.45) is -2.35. The third-order valence-electron chi connectivity index (χ3n) is 3.67. The number of nitrogens with zero attached hydrogens (tertiary/aromatic N) is 3. The van der Waals surface area contributed by atoms with Gasteiger partial charge in [-0.2, -0.15) is 0 Å². The molecule has 1 aliphatic heterocycles. The van der Waals surface area contributed by atoms with Crippen molar-refractivity contribution in [3.8, 4) is 0 Å². The molecule has 0 aromatic heterocycles. The van der Waals surface area contributed by atoms with E-state index in [4.69, 9.17) is 19.7 Å². The van der Waals surface area contributed by atoms with Crippen LogP contribution in [0.4, 0.5) is 0 Å². The topological polar surface area (TPSA) is 117 Å². The molecule has 1 fully saturated rings. The van der Waals surface area contributed by atoms with E-state index in [1.807, 2.05) is 30.3 Å². The summed E-state index contributed by atoms with van der Waals surface area (Å²) >= 11 is 0. The molecule has 1 heterocycles. The van der Waals surface area contributed by atoms with Crippen molar-refractivity contribution in [1.82, 2.24) is 0 Å². The zero-order chi connectivity index (χ0) is 17.4. The Balaban J connectivity index is 2.16. The van der Waals surface area contributed by atoms with Crippen molar-refractivity contribution in [2.75, 3.05) is 13.2 Å². The first-order valence-electron chi connectivity index (χ1n) is 7.58. The fourth-order valence-corrected chi connectivity index (χ4v) is 2.50. The third-order valence-corrected chi connectivity index (χ3v) is 3.67. The molecule has 2 N–H and O–H groups in total. The minimum Gasteiger partial charge on any atom is -0.394 e. The first kappa shape index (κ1) is 18.4. The lowest BCUT2D eigenvalue weighted by atomic mass is 9.97. The monoisotopic (exact) mass is 335 g/mol. The van der Waals surface area contributed by atoms with Gasteiger partial charge in [0, 0.05) is 4.91 Å². The van der Waals surface area contributed by atoms with Gasteiger partial charge in [-0.1, -0.05) is 41.5 Å². The lowest BCUT2D eigenvalue weighted by Gasteiger charge is -2.42. The average molecular weight is 335 g/mol. The predicted molar refractivity (Wildman–Crippen MR) is 85.9 cm³/mol. The van der Waals surface area contributed by atoms with Crippen molar-refractivity contribution in [2.45, 2.75) is 37.3 Å². The molecule has 0 saturated carbocycles. The second-order valence-corrected chi connectivity index (χ2v) is 5.29. The van der Waals surface area contributed by atoms with Crippen molar-refractivity contribution in [3.05, 3.63) is 59.0 Å². The molecular formula is C16H21N3O5. The maximum Gasteiger partial charge on any atom is 0.169 e. The maximum absolute atomic E-state index is 10.4. The Labute approximate surface area is 139 Å². The lowest BCUT2D eigenvalue weighted by Crippen LogP contribution is -2.59. The Morgan fingerprint density at radius 1 is 1.33 bits per heavy atom. The molecule has 8 heteroatoms. The summed E-state index contributed by atoms with van der Waals surface area (Å²) in [5.74, 6) is 0. The molecule has 0 radical (unpaired) electrons. The van der Waals surface area contributed by atoms with Gasteiger partial charge in [-0.15, -0.1) is 6.58 Å². The Kier molecular flexibility index (Phi) is 7.20. The van der Waals surface area contributed by atoms with Crippen molar-refractivity contribution in [3.63, 3.8) is 0 Å². The molecule has 1 aliphatic rings. The van der Waals surface area contributed by atoms with Gasteiger partial charge in [0.15, 0.2) is 6.29 Å². The minimum atomic E-state index is -1.15. The number of hydrogen-bond donors (Lipinski definition) is 2. The van der Waals surface area contributed by atoms with E-state index in [9.17, 15) is 10.2 Å². The highest BCUT2D eigenvalue weighted by Crippen LogP contribution is 2.27. The Morgan fingerprint density at radius 2 is 2.08 bits per heavy atom. The first-order chi connectivity index (χ1) is 11.7. The smallest absolute Gasteiger partial charge is 0.169 e. The van der Waals surface area contributed by atoms with Crippen molar-refractivity contribution >= 4 is 0 Å². The van der Waals surface area contributed by atoms with Crippen LogP contribution in [0.15, 0.2) is 48.1 Å². The Morgan fingerprint density at radius 3 is 2.71 bits per heavy atom. The van der Waals surface area contributed by atoms with Crippen LogP contribution in [0.3, 0.4) is 0 Å². The molecule has 0 spiro atoms. The largest absolute Gasteiger partial charge is 0.394 e. The fourth-order valence-electron chi connectivity index (χ4n) is 2.50. The van der Waals surface area contributed by atoms with E-state index in [-0.39, 0.29) is 13.2 Å². The number of azide groups is 1. The highest BCUT2D eigenvalue weighted by Gasteiger charge is 2.46. The zero-order valence-electron chi connectivity index (χ0n) is 13.1. The molecule has 1 saturated heterocycles.